The lowest BCUT2D eigenvalue weighted by atomic mass is 10.2. The predicted octanol–water partition coefficient (Wildman–Crippen LogP) is 2.25. The lowest BCUT2D eigenvalue weighted by Gasteiger charge is -2.28. The monoisotopic (exact) mass is 347 g/mol. The minimum absolute atomic E-state index is 0.242. The van der Waals surface area contributed by atoms with Gasteiger partial charge in [0.15, 0.2) is 5.13 Å². The van der Waals surface area contributed by atoms with Crippen LogP contribution < -0.4 is 21.3 Å². The fourth-order valence-electron chi connectivity index (χ4n) is 2.49. The first-order chi connectivity index (χ1) is 11.7. The van der Waals surface area contributed by atoms with Gasteiger partial charge in [0, 0.05) is 31.0 Å². The van der Waals surface area contributed by atoms with Crippen LogP contribution in [0, 0.1) is 0 Å². The van der Waals surface area contributed by atoms with Crippen molar-refractivity contribution < 1.29 is 9.53 Å². The molecule has 0 bridgehead atoms. The molecule has 1 amide bonds. The second kappa shape index (κ2) is 7.50. The topological polar surface area (TPSA) is 92.5 Å². The van der Waals surface area contributed by atoms with E-state index in [-0.39, 0.29) is 11.7 Å². The molecular formula is C16H21N5O2S. The SMILES string of the molecule is CCNc1nc(N)c(C(=O)Nc2ccc(N3CCOCC3)cc2)s1. The van der Waals surface area contributed by atoms with Crippen LogP contribution in [0.4, 0.5) is 22.3 Å². The predicted molar refractivity (Wildman–Crippen MR) is 98.1 cm³/mol. The van der Waals surface area contributed by atoms with E-state index in [0.717, 1.165) is 44.2 Å². The summed E-state index contributed by atoms with van der Waals surface area (Å²) >= 11 is 1.26. The first-order valence-corrected chi connectivity index (χ1v) is 8.73. The second-order valence-corrected chi connectivity index (χ2v) is 6.36. The van der Waals surface area contributed by atoms with Crippen LogP contribution in [-0.4, -0.2) is 43.7 Å². The summed E-state index contributed by atoms with van der Waals surface area (Å²) < 4.78 is 5.36. The zero-order valence-corrected chi connectivity index (χ0v) is 14.4. The number of nitrogens with one attached hydrogen (secondary N) is 2. The van der Waals surface area contributed by atoms with Gasteiger partial charge in [0.25, 0.3) is 5.91 Å². The number of morpholine rings is 1. The number of carbonyl (C=O) groups is 1. The van der Waals surface area contributed by atoms with Gasteiger partial charge < -0.3 is 26.0 Å². The number of benzene rings is 1. The molecule has 128 valence electrons. The Morgan fingerprint density at radius 2 is 2.04 bits per heavy atom. The molecule has 4 N–H and O–H groups in total. The van der Waals surface area contributed by atoms with Crippen LogP contribution in [0.2, 0.25) is 0 Å². The molecule has 1 aliphatic heterocycles. The first-order valence-electron chi connectivity index (χ1n) is 7.91. The van der Waals surface area contributed by atoms with E-state index in [1.54, 1.807) is 0 Å². The minimum Gasteiger partial charge on any atom is -0.382 e. The highest BCUT2D eigenvalue weighted by Crippen LogP contribution is 2.26. The molecule has 1 aromatic carbocycles. The maximum atomic E-state index is 12.4. The van der Waals surface area contributed by atoms with Gasteiger partial charge in [-0.2, -0.15) is 0 Å². The van der Waals surface area contributed by atoms with Gasteiger partial charge in [-0.15, -0.1) is 0 Å². The molecule has 1 fully saturated rings. The number of hydrogen-bond donors (Lipinski definition) is 3. The molecule has 7 nitrogen and oxygen atoms in total. The van der Waals surface area contributed by atoms with Crippen LogP contribution in [0.1, 0.15) is 16.6 Å². The van der Waals surface area contributed by atoms with E-state index in [9.17, 15) is 4.79 Å². The highest BCUT2D eigenvalue weighted by Gasteiger charge is 2.16. The first kappa shape index (κ1) is 16.5. The third kappa shape index (κ3) is 3.77. The van der Waals surface area contributed by atoms with Crippen LogP contribution in [-0.2, 0) is 4.74 Å². The van der Waals surface area contributed by atoms with E-state index < -0.39 is 0 Å². The Morgan fingerprint density at radius 3 is 2.71 bits per heavy atom. The van der Waals surface area contributed by atoms with Crippen LogP contribution in [0.3, 0.4) is 0 Å². The molecule has 0 atom stereocenters. The quantitative estimate of drug-likeness (QED) is 0.768. The highest BCUT2D eigenvalue weighted by molar-refractivity contribution is 7.18. The molecular weight excluding hydrogens is 326 g/mol. The fourth-order valence-corrected chi connectivity index (χ4v) is 3.33. The van der Waals surface area contributed by atoms with Gasteiger partial charge in [-0.3, -0.25) is 4.79 Å². The van der Waals surface area contributed by atoms with Gasteiger partial charge in [0.05, 0.1) is 13.2 Å². The van der Waals surface area contributed by atoms with E-state index in [1.165, 1.54) is 11.3 Å². The van der Waals surface area contributed by atoms with Gasteiger partial charge in [-0.05, 0) is 31.2 Å². The molecule has 1 saturated heterocycles. The van der Waals surface area contributed by atoms with Crippen molar-refractivity contribution in [1.82, 2.24) is 4.98 Å². The number of rotatable bonds is 5. The number of carbonyl (C=O) groups excluding carboxylic acids is 1. The molecule has 0 unspecified atom stereocenters. The van der Waals surface area contributed by atoms with Crippen LogP contribution in [0.15, 0.2) is 24.3 Å². The molecule has 3 rings (SSSR count). The Kier molecular flexibility index (Phi) is 5.17. The van der Waals surface area contributed by atoms with Crippen molar-refractivity contribution in [3.63, 3.8) is 0 Å². The minimum atomic E-state index is -0.242. The Labute approximate surface area is 144 Å². The van der Waals surface area contributed by atoms with Crippen molar-refractivity contribution in [2.45, 2.75) is 6.92 Å². The molecule has 1 aromatic heterocycles. The van der Waals surface area contributed by atoms with Crippen molar-refractivity contribution in [2.24, 2.45) is 0 Å². The highest BCUT2D eigenvalue weighted by atomic mass is 32.1. The van der Waals surface area contributed by atoms with E-state index in [1.807, 2.05) is 31.2 Å². The second-order valence-electron chi connectivity index (χ2n) is 5.36. The standard InChI is InChI=1S/C16H21N5O2S/c1-2-18-16-20-14(17)13(24-16)15(22)19-11-3-5-12(6-4-11)21-7-9-23-10-8-21/h3-6H,2,7-10,17H2,1H3,(H,18,20)(H,19,22). The van der Waals surface area contributed by atoms with Gasteiger partial charge in [0.1, 0.15) is 10.7 Å². The van der Waals surface area contributed by atoms with Gasteiger partial charge in [-0.25, -0.2) is 4.98 Å². The number of nitrogens with two attached hydrogens (primary N) is 1. The lowest BCUT2D eigenvalue weighted by Crippen LogP contribution is -2.36. The summed E-state index contributed by atoms with van der Waals surface area (Å²) in [5.74, 6) is 0.00617. The number of amides is 1. The Balaban J connectivity index is 1.66. The van der Waals surface area contributed by atoms with E-state index in [2.05, 4.69) is 20.5 Å². The molecule has 24 heavy (non-hydrogen) atoms. The molecule has 0 spiro atoms. The fraction of sp³-hybridized carbons (Fsp3) is 0.375. The maximum absolute atomic E-state index is 12.4. The van der Waals surface area contributed by atoms with Gasteiger partial charge in [0.2, 0.25) is 0 Å². The zero-order valence-electron chi connectivity index (χ0n) is 13.5. The lowest BCUT2D eigenvalue weighted by molar-refractivity contribution is 0.103. The summed E-state index contributed by atoms with van der Waals surface area (Å²) in [7, 11) is 0. The summed E-state index contributed by atoms with van der Waals surface area (Å²) in [6.07, 6.45) is 0. The number of aromatic nitrogens is 1. The van der Waals surface area contributed by atoms with Gasteiger partial charge >= 0.3 is 0 Å². The molecule has 2 aromatic rings. The maximum Gasteiger partial charge on any atom is 0.269 e. The van der Waals surface area contributed by atoms with E-state index >= 15 is 0 Å². The third-order valence-corrected chi connectivity index (χ3v) is 4.72. The Morgan fingerprint density at radius 1 is 1.33 bits per heavy atom. The van der Waals surface area contributed by atoms with Gasteiger partial charge in [-0.1, -0.05) is 11.3 Å². The summed E-state index contributed by atoms with van der Waals surface area (Å²) in [6, 6.07) is 7.79. The van der Waals surface area contributed by atoms with Crippen molar-refractivity contribution in [2.75, 3.05) is 54.1 Å². The van der Waals surface area contributed by atoms with Crippen LogP contribution in [0.25, 0.3) is 0 Å². The summed E-state index contributed by atoms with van der Waals surface area (Å²) in [5.41, 5.74) is 7.69. The summed E-state index contributed by atoms with van der Waals surface area (Å²) in [5, 5.41) is 6.58. The average Bonchev–Trinajstić information content (AvgIpc) is 2.97. The van der Waals surface area contributed by atoms with Crippen LogP contribution >= 0.6 is 11.3 Å². The smallest absolute Gasteiger partial charge is 0.269 e. The van der Waals surface area contributed by atoms with Crippen LogP contribution in [0.5, 0.6) is 0 Å². The molecule has 8 heteroatoms. The number of hydrogen-bond acceptors (Lipinski definition) is 7. The number of thiazole rings is 1. The molecule has 0 radical (unpaired) electrons. The van der Waals surface area contributed by atoms with E-state index in [4.69, 9.17) is 10.5 Å². The molecule has 0 saturated carbocycles. The van der Waals surface area contributed by atoms with Crippen molar-refractivity contribution >= 4 is 39.6 Å². The van der Waals surface area contributed by atoms with Crippen molar-refractivity contribution in [1.29, 1.82) is 0 Å². The third-order valence-electron chi connectivity index (χ3n) is 3.69. The normalized spacial score (nSPS) is 14.5. The number of nitrogen functional groups attached to an aromatic ring is 1. The van der Waals surface area contributed by atoms with E-state index in [0.29, 0.717) is 10.0 Å². The number of ether oxygens (including phenoxy) is 1. The molecule has 2 heterocycles. The average molecular weight is 347 g/mol. The largest absolute Gasteiger partial charge is 0.382 e. The number of anilines is 4. The zero-order chi connectivity index (χ0) is 16.9. The molecule has 0 aliphatic carbocycles. The number of nitrogens with zero attached hydrogens (tertiary/aromatic N) is 2. The Hall–Kier alpha value is -2.32. The summed E-state index contributed by atoms with van der Waals surface area (Å²) in [4.78, 5) is 19.2. The summed E-state index contributed by atoms with van der Waals surface area (Å²) in [6.45, 7) is 5.96. The molecule has 1 aliphatic rings. The van der Waals surface area contributed by atoms with Crippen molar-refractivity contribution in [3.8, 4) is 0 Å². The van der Waals surface area contributed by atoms with Crippen molar-refractivity contribution in [3.05, 3.63) is 29.1 Å². The Bertz CT molecular complexity index is 695.